The maximum absolute atomic E-state index is 6.26. The van der Waals surface area contributed by atoms with Gasteiger partial charge in [0, 0.05) is 29.4 Å². The molecule has 0 spiro atoms. The zero-order valence-electron chi connectivity index (χ0n) is 16.5. The van der Waals surface area contributed by atoms with E-state index < -0.39 is 0 Å². The van der Waals surface area contributed by atoms with Crippen LogP contribution in [0.2, 0.25) is 0 Å². The molecule has 27 heavy (non-hydrogen) atoms. The van der Waals surface area contributed by atoms with Gasteiger partial charge >= 0.3 is 0 Å². The molecule has 5 nitrogen and oxygen atoms in total. The maximum atomic E-state index is 6.26. The highest BCUT2D eigenvalue weighted by molar-refractivity contribution is 7.18. The second kappa shape index (κ2) is 7.24. The van der Waals surface area contributed by atoms with Crippen LogP contribution in [0.5, 0.6) is 0 Å². The minimum Gasteiger partial charge on any atom is -0.457 e. The fraction of sp³-hybridized carbons (Fsp3) is 0.524. The lowest BCUT2D eigenvalue weighted by molar-refractivity contribution is 0.0965. The van der Waals surface area contributed by atoms with E-state index in [1.807, 2.05) is 12.1 Å². The van der Waals surface area contributed by atoms with Crippen LogP contribution < -0.4 is 5.73 Å². The van der Waals surface area contributed by atoms with E-state index in [9.17, 15) is 0 Å². The lowest BCUT2D eigenvalue weighted by Crippen LogP contribution is -2.42. The van der Waals surface area contributed by atoms with Crippen LogP contribution >= 0.6 is 11.3 Å². The normalized spacial score (nSPS) is 21.4. The van der Waals surface area contributed by atoms with Crippen LogP contribution in [0.4, 0.5) is 5.82 Å². The molecule has 6 heteroatoms. The summed E-state index contributed by atoms with van der Waals surface area (Å²) in [6, 6.07) is 7.32. The summed E-state index contributed by atoms with van der Waals surface area (Å²) in [6.45, 7) is 9.83. The molecule has 0 radical (unpaired) electrons. The molecule has 0 bridgehead atoms. The molecule has 1 aliphatic heterocycles. The first kappa shape index (κ1) is 18.4. The third-order valence-corrected chi connectivity index (χ3v) is 6.62. The van der Waals surface area contributed by atoms with E-state index in [1.165, 1.54) is 24.1 Å². The van der Waals surface area contributed by atoms with E-state index in [-0.39, 0.29) is 0 Å². The van der Waals surface area contributed by atoms with E-state index in [2.05, 4.69) is 43.6 Å². The number of fused-ring (bicyclic) bond motifs is 1. The predicted molar refractivity (Wildman–Crippen MR) is 112 cm³/mol. The number of rotatable bonds is 4. The SMILES string of the molecule is CC(C)c1ccc(-c2nc(N)c3cc(CN4C(C)CCCC4C)sc3n2)o1. The van der Waals surface area contributed by atoms with Gasteiger partial charge in [-0.2, -0.15) is 0 Å². The standard InChI is InChI=1S/C21H28N4OS/c1-12(2)17-8-9-18(26-17)20-23-19(22)16-10-15(27-21(16)24-20)11-25-13(3)6-5-7-14(25)4/h8-10,12-14H,5-7,11H2,1-4H3,(H2,22,23,24). The monoisotopic (exact) mass is 384 g/mol. The quantitative estimate of drug-likeness (QED) is 0.650. The fourth-order valence-electron chi connectivity index (χ4n) is 3.93. The summed E-state index contributed by atoms with van der Waals surface area (Å²) in [5, 5.41) is 0.951. The Labute approximate surface area is 164 Å². The molecule has 0 aromatic carbocycles. The van der Waals surface area contributed by atoms with Gasteiger partial charge in [0.2, 0.25) is 0 Å². The smallest absolute Gasteiger partial charge is 0.199 e. The van der Waals surface area contributed by atoms with Gasteiger partial charge in [0.1, 0.15) is 16.4 Å². The number of thiophene rings is 1. The van der Waals surface area contributed by atoms with E-state index >= 15 is 0 Å². The van der Waals surface area contributed by atoms with Crippen LogP contribution in [0.3, 0.4) is 0 Å². The van der Waals surface area contributed by atoms with Crippen LogP contribution in [0.15, 0.2) is 22.6 Å². The van der Waals surface area contributed by atoms with Crippen LogP contribution in [-0.2, 0) is 6.54 Å². The number of piperidine rings is 1. The number of hydrogen-bond donors (Lipinski definition) is 1. The average molecular weight is 385 g/mol. The van der Waals surface area contributed by atoms with Gasteiger partial charge in [0.25, 0.3) is 0 Å². The molecular weight excluding hydrogens is 356 g/mol. The first-order valence-corrected chi connectivity index (χ1v) is 10.7. The highest BCUT2D eigenvalue weighted by atomic mass is 32.1. The predicted octanol–water partition coefficient (Wildman–Crippen LogP) is 5.42. The Morgan fingerprint density at radius 2 is 1.96 bits per heavy atom. The number of hydrogen-bond acceptors (Lipinski definition) is 6. The molecule has 144 valence electrons. The van der Waals surface area contributed by atoms with Crippen LogP contribution in [0, 0.1) is 0 Å². The van der Waals surface area contributed by atoms with Crippen LogP contribution in [0.25, 0.3) is 21.8 Å². The Bertz CT molecular complexity index is 935. The van der Waals surface area contributed by atoms with Gasteiger partial charge in [-0.1, -0.05) is 20.3 Å². The van der Waals surface area contributed by atoms with Crippen molar-refractivity contribution in [1.82, 2.24) is 14.9 Å². The third kappa shape index (κ3) is 3.60. The fourth-order valence-corrected chi connectivity index (χ4v) is 4.98. The van der Waals surface area contributed by atoms with Crippen molar-refractivity contribution < 1.29 is 4.42 Å². The third-order valence-electron chi connectivity index (χ3n) is 5.60. The topological polar surface area (TPSA) is 68.2 Å². The van der Waals surface area contributed by atoms with Crippen LogP contribution in [0.1, 0.15) is 63.5 Å². The first-order valence-electron chi connectivity index (χ1n) is 9.84. The number of nitrogens with two attached hydrogens (primary N) is 1. The molecule has 4 rings (SSSR count). The van der Waals surface area contributed by atoms with Crippen molar-refractivity contribution in [3.8, 4) is 11.6 Å². The van der Waals surface area contributed by atoms with Crippen molar-refractivity contribution in [2.24, 2.45) is 0 Å². The molecule has 2 N–H and O–H groups in total. The number of furan rings is 1. The number of likely N-dealkylation sites (tertiary alicyclic amines) is 1. The molecule has 3 aromatic heterocycles. The van der Waals surface area contributed by atoms with Crippen molar-refractivity contribution in [2.45, 2.75) is 71.5 Å². The highest BCUT2D eigenvalue weighted by Crippen LogP contribution is 2.33. The number of nitrogens with zero attached hydrogens (tertiary/aromatic N) is 3. The molecule has 1 fully saturated rings. The summed E-state index contributed by atoms with van der Waals surface area (Å²) >= 11 is 1.72. The van der Waals surface area contributed by atoms with E-state index in [0.717, 1.165) is 22.5 Å². The van der Waals surface area contributed by atoms with E-state index in [0.29, 0.717) is 35.4 Å². The molecule has 3 aromatic rings. The molecular formula is C21H28N4OS. The summed E-state index contributed by atoms with van der Waals surface area (Å²) in [4.78, 5) is 14.1. The summed E-state index contributed by atoms with van der Waals surface area (Å²) < 4.78 is 5.91. The largest absolute Gasteiger partial charge is 0.457 e. The van der Waals surface area contributed by atoms with E-state index in [1.54, 1.807) is 11.3 Å². The number of aromatic nitrogens is 2. The van der Waals surface area contributed by atoms with E-state index in [4.69, 9.17) is 15.1 Å². The lowest BCUT2D eigenvalue weighted by atomic mass is 9.97. The first-order chi connectivity index (χ1) is 12.9. The number of anilines is 1. The van der Waals surface area contributed by atoms with Gasteiger partial charge in [0.15, 0.2) is 11.6 Å². The Kier molecular flexibility index (Phi) is 4.95. The van der Waals surface area contributed by atoms with Gasteiger partial charge in [0.05, 0.1) is 5.39 Å². The molecule has 4 heterocycles. The molecule has 1 aliphatic rings. The zero-order valence-corrected chi connectivity index (χ0v) is 17.3. The van der Waals surface area contributed by atoms with Crippen molar-refractivity contribution in [3.05, 3.63) is 28.8 Å². The lowest BCUT2D eigenvalue weighted by Gasteiger charge is -2.38. The Morgan fingerprint density at radius 3 is 2.63 bits per heavy atom. The summed E-state index contributed by atoms with van der Waals surface area (Å²) in [7, 11) is 0. The molecule has 1 saturated heterocycles. The molecule has 2 atom stereocenters. The highest BCUT2D eigenvalue weighted by Gasteiger charge is 2.25. The summed E-state index contributed by atoms with van der Waals surface area (Å²) in [5.74, 6) is 3.05. The number of nitrogen functional groups attached to an aromatic ring is 1. The van der Waals surface area contributed by atoms with Gasteiger partial charge in [-0.25, -0.2) is 9.97 Å². The Hall–Kier alpha value is -1.92. The Morgan fingerprint density at radius 1 is 1.22 bits per heavy atom. The zero-order chi connectivity index (χ0) is 19.1. The van der Waals surface area contributed by atoms with Crippen molar-refractivity contribution in [3.63, 3.8) is 0 Å². The second-order valence-electron chi connectivity index (χ2n) is 8.02. The minimum atomic E-state index is 0.335. The van der Waals surface area contributed by atoms with Crippen LogP contribution in [-0.4, -0.2) is 27.0 Å². The maximum Gasteiger partial charge on any atom is 0.199 e. The van der Waals surface area contributed by atoms with Gasteiger partial charge in [-0.05, 0) is 44.9 Å². The molecule has 0 aliphatic carbocycles. The van der Waals surface area contributed by atoms with Crippen molar-refractivity contribution >= 4 is 27.4 Å². The van der Waals surface area contributed by atoms with Crippen molar-refractivity contribution in [2.75, 3.05) is 5.73 Å². The minimum absolute atomic E-state index is 0.335. The average Bonchev–Trinajstić information content (AvgIpc) is 3.25. The van der Waals surface area contributed by atoms with Gasteiger partial charge in [-0.3, -0.25) is 4.90 Å². The van der Waals surface area contributed by atoms with Gasteiger partial charge < -0.3 is 10.2 Å². The van der Waals surface area contributed by atoms with Crippen molar-refractivity contribution in [1.29, 1.82) is 0 Å². The molecule has 0 amide bonds. The Balaban J connectivity index is 1.65. The summed E-state index contributed by atoms with van der Waals surface area (Å²) in [5.41, 5.74) is 6.26. The second-order valence-corrected chi connectivity index (χ2v) is 9.14. The van der Waals surface area contributed by atoms with Gasteiger partial charge in [-0.15, -0.1) is 11.3 Å². The molecule has 0 saturated carbocycles. The molecule has 2 unspecified atom stereocenters. The summed E-state index contributed by atoms with van der Waals surface area (Å²) in [6.07, 6.45) is 3.88.